The first kappa shape index (κ1) is 30.3. The van der Waals surface area contributed by atoms with Crippen LogP contribution in [0.1, 0.15) is 84.6 Å². The van der Waals surface area contributed by atoms with Crippen LogP contribution in [0.2, 0.25) is 0 Å². The number of piperidine rings is 2. The maximum atomic E-state index is 12.6. The van der Waals surface area contributed by atoms with E-state index in [-0.39, 0.29) is 5.41 Å². The Balaban J connectivity index is 1.63. The molecule has 2 aliphatic heterocycles. The molecule has 2 fully saturated rings. The van der Waals surface area contributed by atoms with Gasteiger partial charge in [-0.15, -0.1) is 0 Å². The van der Waals surface area contributed by atoms with Gasteiger partial charge in [-0.05, 0) is 89.9 Å². The summed E-state index contributed by atoms with van der Waals surface area (Å²) in [7, 11) is 0. The fourth-order valence-electron chi connectivity index (χ4n) is 5.58. The van der Waals surface area contributed by atoms with E-state index in [1.807, 2.05) is 46.0 Å². The van der Waals surface area contributed by atoms with Crippen LogP contribution in [-0.4, -0.2) is 70.9 Å². The maximum Gasteiger partial charge on any atom is 0.337 e. The lowest BCUT2D eigenvalue weighted by Crippen LogP contribution is -2.39. The summed E-state index contributed by atoms with van der Waals surface area (Å²) in [5, 5.41) is 10.3. The number of aryl methyl sites for hydroxylation is 1. The molecule has 1 N–H and O–H groups in total. The molecule has 0 bridgehead atoms. The molecule has 40 heavy (non-hydrogen) atoms. The van der Waals surface area contributed by atoms with Crippen molar-refractivity contribution in [2.45, 2.75) is 85.9 Å². The highest BCUT2D eigenvalue weighted by atomic mass is 16.5. The number of anilines is 1. The Morgan fingerprint density at radius 2 is 1.77 bits per heavy atom. The average Bonchev–Trinajstić information content (AvgIpc) is 2.88. The van der Waals surface area contributed by atoms with Crippen molar-refractivity contribution in [2.75, 3.05) is 44.2 Å². The zero-order chi connectivity index (χ0) is 29.1. The standard InChI is InChI=1S/C32H48N4O4/c1-22-10-14-35(15-11-22)18-19-39-24-8-9-26(34-20-24)25-21-33-23(2)27(29(30(37)38)40-31(3,4)5)28(25)36-16-12-32(6,7)13-17-36/h8-9,20-22,29H,10-19H2,1-7H3,(H,37,38)/t29-/m0/s1. The minimum atomic E-state index is -1.14. The molecular weight excluding hydrogens is 504 g/mol. The molecule has 8 heteroatoms. The Kier molecular flexibility index (Phi) is 9.40. The number of pyridine rings is 2. The lowest BCUT2D eigenvalue weighted by molar-refractivity contribution is -0.160. The summed E-state index contributed by atoms with van der Waals surface area (Å²) >= 11 is 0. The van der Waals surface area contributed by atoms with Crippen LogP contribution in [0.3, 0.4) is 0 Å². The number of nitrogens with zero attached hydrogens (tertiary/aromatic N) is 4. The number of aliphatic carboxylic acids is 1. The number of likely N-dealkylation sites (tertiary alicyclic amines) is 1. The fraction of sp³-hybridized carbons (Fsp3) is 0.656. The van der Waals surface area contributed by atoms with E-state index in [0.717, 1.165) is 74.2 Å². The highest BCUT2D eigenvalue weighted by Gasteiger charge is 2.36. The van der Waals surface area contributed by atoms with Crippen molar-refractivity contribution in [3.63, 3.8) is 0 Å². The minimum Gasteiger partial charge on any atom is -0.491 e. The molecule has 0 unspecified atom stereocenters. The Morgan fingerprint density at radius 1 is 1.10 bits per heavy atom. The van der Waals surface area contributed by atoms with Crippen molar-refractivity contribution in [3.8, 4) is 17.0 Å². The van der Waals surface area contributed by atoms with Crippen molar-refractivity contribution in [3.05, 3.63) is 35.8 Å². The van der Waals surface area contributed by atoms with E-state index in [0.29, 0.717) is 17.9 Å². The summed E-state index contributed by atoms with van der Waals surface area (Å²) in [4.78, 5) is 26.8. The summed E-state index contributed by atoms with van der Waals surface area (Å²) in [6.07, 6.45) is 6.98. The lowest BCUT2D eigenvalue weighted by Gasteiger charge is -2.40. The SMILES string of the molecule is Cc1ncc(-c2ccc(OCCN3CCC(C)CC3)cn2)c(N2CCC(C)(C)CC2)c1[C@H](OC(C)(C)C)C(=O)O. The molecule has 220 valence electrons. The summed E-state index contributed by atoms with van der Waals surface area (Å²) in [5.41, 5.74) is 3.29. The number of carbonyl (C=O) groups is 1. The molecule has 0 spiro atoms. The van der Waals surface area contributed by atoms with Crippen LogP contribution in [0.25, 0.3) is 11.3 Å². The van der Waals surface area contributed by atoms with Gasteiger partial charge in [0, 0.05) is 42.7 Å². The van der Waals surface area contributed by atoms with Crippen molar-refractivity contribution in [2.24, 2.45) is 11.3 Å². The predicted octanol–water partition coefficient (Wildman–Crippen LogP) is 6.13. The van der Waals surface area contributed by atoms with Crippen LogP contribution < -0.4 is 9.64 Å². The summed E-state index contributed by atoms with van der Waals surface area (Å²) in [6.45, 7) is 19.9. The summed E-state index contributed by atoms with van der Waals surface area (Å²) in [6, 6.07) is 3.90. The quantitative estimate of drug-likeness (QED) is 0.398. The van der Waals surface area contributed by atoms with Crippen LogP contribution in [0.4, 0.5) is 5.69 Å². The number of hydrogen-bond donors (Lipinski definition) is 1. The van der Waals surface area contributed by atoms with E-state index >= 15 is 0 Å². The van der Waals surface area contributed by atoms with Gasteiger partial charge in [-0.1, -0.05) is 20.8 Å². The molecule has 2 saturated heterocycles. The number of carboxylic acids is 1. The number of aromatic nitrogens is 2. The zero-order valence-corrected chi connectivity index (χ0v) is 25.5. The molecule has 0 aromatic carbocycles. The molecule has 4 rings (SSSR count). The van der Waals surface area contributed by atoms with E-state index in [9.17, 15) is 9.90 Å². The topological polar surface area (TPSA) is 88.0 Å². The fourth-order valence-corrected chi connectivity index (χ4v) is 5.58. The molecule has 4 heterocycles. The van der Waals surface area contributed by atoms with Crippen molar-refractivity contribution >= 4 is 11.7 Å². The second kappa shape index (κ2) is 12.4. The van der Waals surface area contributed by atoms with Gasteiger partial charge in [-0.2, -0.15) is 0 Å². The molecule has 0 amide bonds. The maximum absolute atomic E-state index is 12.6. The normalized spacial score (nSPS) is 19.4. The van der Waals surface area contributed by atoms with Gasteiger partial charge in [0.2, 0.25) is 0 Å². The lowest BCUT2D eigenvalue weighted by atomic mass is 9.82. The predicted molar refractivity (Wildman–Crippen MR) is 159 cm³/mol. The van der Waals surface area contributed by atoms with E-state index in [1.54, 1.807) is 6.20 Å². The highest BCUT2D eigenvalue weighted by Crippen LogP contribution is 2.43. The molecule has 0 aliphatic carbocycles. The van der Waals surface area contributed by atoms with Gasteiger partial charge in [0.05, 0.1) is 23.2 Å². The third-order valence-electron chi connectivity index (χ3n) is 8.24. The highest BCUT2D eigenvalue weighted by molar-refractivity contribution is 5.85. The third kappa shape index (κ3) is 7.72. The Labute approximate surface area is 240 Å². The first-order valence-electron chi connectivity index (χ1n) is 14.8. The monoisotopic (exact) mass is 552 g/mol. The second-order valence-electron chi connectivity index (χ2n) is 13.4. The van der Waals surface area contributed by atoms with Gasteiger partial charge in [-0.25, -0.2) is 4.79 Å². The molecule has 2 aromatic rings. The molecule has 0 radical (unpaired) electrons. The average molecular weight is 553 g/mol. The molecule has 1 atom stereocenters. The number of hydrogen-bond acceptors (Lipinski definition) is 7. The van der Waals surface area contributed by atoms with Crippen LogP contribution in [0.15, 0.2) is 24.5 Å². The van der Waals surface area contributed by atoms with Crippen LogP contribution >= 0.6 is 0 Å². The Morgan fingerprint density at radius 3 is 2.35 bits per heavy atom. The van der Waals surface area contributed by atoms with E-state index in [2.05, 4.69) is 35.6 Å². The van der Waals surface area contributed by atoms with Crippen LogP contribution in [-0.2, 0) is 9.53 Å². The number of rotatable bonds is 9. The Bertz CT molecular complexity index is 1140. The van der Waals surface area contributed by atoms with Gasteiger partial charge in [0.15, 0.2) is 6.10 Å². The van der Waals surface area contributed by atoms with Gasteiger partial charge in [0.25, 0.3) is 0 Å². The number of ether oxygens (including phenoxy) is 2. The molecule has 0 saturated carbocycles. The molecule has 8 nitrogen and oxygen atoms in total. The zero-order valence-electron chi connectivity index (χ0n) is 25.5. The summed E-state index contributed by atoms with van der Waals surface area (Å²) < 4.78 is 12.2. The van der Waals surface area contributed by atoms with Gasteiger partial charge < -0.3 is 19.5 Å². The first-order valence-corrected chi connectivity index (χ1v) is 14.8. The molecular formula is C32H48N4O4. The van der Waals surface area contributed by atoms with Gasteiger partial charge in [-0.3, -0.25) is 14.9 Å². The van der Waals surface area contributed by atoms with Crippen molar-refractivity contribution < 1.29 is 19.4 Å². The van der Waals surface area contributed by atoms with Crippen molar-refractivity contribution in [1.82, 2.24) is 14.9 Å². The summed E-state index contributed by atoms with van der Waals surface area (Å²) in [5.74, 6) is 0.531. The van der Waals surface area contributed by atoms with Crippen LogP contribution in [0.5, 0.6) is 5.75 Å². The van der Waals surface area contributed by atoms with E-state index in [4.69, 9.17) is 14.5 Å². The second-order valence-corrected chi connectivity index (χ2v) is 13.4. The Hall–Kier alpha value is -2.71. The number of carboxylic acid groups (broad SMARTS) is 1. The first-order chi connectivity index (χ1) is 18.8. The molecule has 2 aromatic heterocycles. The smallest absolute Gasteiger partial charge is 0.337 e. The van der Waals surface area contributed by atoms with E-state index < -0.39 is 17.7 Å². The van der Waals surface area contributed by atoms with E-state index in [1.165, 1.54) is 12.8 Å². The molecule has 2 aliphatic rings. The largest absolute Gasteiger partial charge is 0.491 e. The van der Waals surface area contributed by atoms with Crippen molar-refractivity contribution in [1.29, 1.82) is 0 Å². The van der Waals surface area contributed by atoms with Gasteiger partial charge >= 0.3 is 5.97 Å². The van der Waals surface area contributed by atoms with Crippen LogP contribution in [0, 0.1) is 18.3 Å². The third-order valence-corrected chi connectivity index (χ3v) is 8.24. The minimum absolute atomic E-state index is 0.247. The van der Waals surface area contributed by atoms with Gasteiger partial charge in [0.1, 0.15) is 12.4 Å².